The molecule has 0 saturated heterocycles. The van der Waals surface area contributed by atoms with Crippen molar-refractivity contribution in [2.45, 2.75) is 0 Å². The standard InChI is InChI=1S/C11H7BOS/c12-9-6-10(14-7-9)11(13)8-4-2-1-3-5-8/h1-7H. The van der Waals surface area contributed by atoms with Crippen LogP contribution in [-0.4, -0.2) is 13.6 Å². The molecule has 1 heterocycles. The zero-order valence-corrected chi connectivity index (χ0v) is 8.25. The Balaban J connectivity index is 2.34. The highest BCUT2D eigenvalue weighted by molar-refractivity contribution is 7.13. The third-order valence-electron chi connectivity index (χ3n) is 1.88. The third kappa shape index (κ3) is 1.78. The molecule has 0 unspecified atom stereocenters. The summed E-state index contributed by atoms with van der Waals surface area (Å²) in [4.78, 5) is 12.5. The second-order valence-electron chi connectivity index (χ2n) is 2.94. The van der Waals surface area contributed by atoms with Gasteiger partial charge in [0.25, 0.3) is 0 Å². The Morgan fingerprint density at radius 2 is 1.93 bits per heavy atom. The van der Waals surface area contributed by atoms with E-state index in [1.165, 1.54) is 11.3 Å². The molecule has 2 aromatic rings. The predicted octanol–water partition coefficient (Wildman–Crippen LogP) is 1.77. The molecule has 14 heavy (non-hydrogen) atoms. The van der Waals surface area contributed by atoms with Crippen molar-refractivity contribution in [3.63, 3.8) is 0 Å². The molecule has 0 amide bonds. The Labute approximate surface area is 87.8 Å². The molecule has 0 atom stereocenters. The molecule has 0 aliphatic heterocycles. The van der Waals surface area contributed by atoms with E-state index in [0.29, 0.717) is 15.9 Å². The maximum absolute atomic E-state index is 11.8. The molecule has 1 nitrogen and oxygen atoms in total. The van der Waals surface area contributed by atoms with E-state index >= 15 is 0 Å². The first-order valence-corrected chi connectivity index (χ1v) is 5.09. The van der Waals surface area contributed by atoms with Crippen LogP contribution in [0.1, 0.15) is 15.2 Å². The molecule has 3 heteroatoms. The van der Waals surface area contributed by atoms with Crippen molar-refractivity contribution in [1.29, 1.82) is 0 Å². The largest absolute Gasteiger partial charge is 0.288 e. The molecular weight excluding hydrogens is 191 g/mol. The van der Waals surface area contributed by atoms with Crippen molar-refractivity contribution in [1.82, 2.24) is 0 Å². The Morgan fingerprint density at radius 1 is 1.21 bits per heavy atom. The summed E-state index contributed by atoms with van der Waals surface area (Å²) in [7, 11) is 5.55. The van der Waals surface area contributed by atoms with Gasteiger partial charge in [0.15, 0.2) is 0 Å². The van der Waals surface area contributed by atoms with Gasteiger partial charge in [0.05, 0.1) is 4.88 Å². The maximum Gasteiger partial charge on any atom is 0.202 e. The Morgan fingerprint density at radius 3 is 2.50 bits per heavy atom. The zero-order chi connectivity index (χ0) is 9.97. The van der Waals surface area contributed by atoms with E-state index < -0.39 is 0 Å². The van der Waals surface area contributed by atoms with Crippen molar-refractivity contribution in [3.05, 3.63) is 52.2 Å². The number of benzene rings is 1. The minimum absolute atomic E-state index is 0.0345. The first kappa shape index (κ1) is 9.22. The van der Waals surface area contributed by atoms with Crippen LogP contribution >= 0.6 is 11.3 Å². The fourth-order valence-electron chi connectivity index (χ4n) is 1.20. The lowest BCUT2D eigenvalue weighted by atomic mass is 9.99. The van der Waals surface area contributed by atoms with Crippen LogP contribution in [0.25, 0.3) is 0 Å². The molecule has 0 N–H and O–H groups in total. The van der Waals surface area contributed by atoms with E-state index in [1.807, 2.05) is 18.2 Å². The van der Waals surface area contributed by atoms with Gasteiger partial charge in [-0.15, -0.1) is 11.3 Å². The SMILES string of the molecule is [B]c1csc(C(=O)c2ccccc2)c1. The molecule has 0 aliphatic carbocycles. The smallest absolute Gasteiger partial charge is 0.202 e. The highest BCUT2D eigenvalue weighted by Gasteiger charge is 2.09. The topological polar surface area (TPSA) is 17.1 Å². The van der Waals surface area contributed by atoms with Crippen LogP contribution in [0.3, 0.4) is 0 Å². The van der Waals surface area contributed by atoms with Gasteiger partial charge in [-0.25, -0.2) is 0 Å². The fourth-order valence-corrected chi connectivity index (χ4v) is 1.96. The number of carbonyl (C=O) groups is 1. The molecule has 0 saturated carbocycles. The normalized spacial score (nSPS) is 10.0. The van der Waals surface area contributed by atoms with Crippen LogP contribution < -0.4 is 5.46 Å². The Bertz CT molecular complexity index is 447. The monoisotopic (exact) mass is 198 g/mol. The van der Waals surface area contributed by atoms with E-state index in [1.54, 1.807) is 23.6 Å². The molecule has 0 spiro atoms. The molecule has 1 aromatic heterocycles. The van der Waals surface area contributed by atoms with Gasteiger partial charge in [0.2, 0.25) is 5.78 Å². The molecular formula is C11H7BOS. The van der Waals surface area contributed by atoms with Gasteiger partial charge in [-0.05, 0) is 11.4 Å². The van der Waals surface area contributed by atoms with Gasteiger partial charge in [-0.1, -0.05) is 35.8 Å². The summed E-state index contributed by atoms with van der Waals surface area (Å²) in [5.74, 6) is 0.0345. The second-order valence-corrected chi connectivity index (χ2v) is 3.85. The maximum atomic E-state index is 11.8. The summed E-state index contributed by atoms with van der Waals surface area (Å²) in [6.07, 6.45) is 0. The van der Waals surface area contributed by atoms with Crippen molar-refractivity contribution >= 4 is 30.4 Å². The van der Waals surface area contributed by atoms with Crippen LogP contribution in [-0.2, 0) is 0 Å². The minimum Gasteiger partial charge on any atom is -0.288 e. The summed E-state index contributed by atoms with van der Waals surface area (Å²) in [6.45, 7) is 0. The van der Waals surface area contributed by atoms with Crippen LogP contribution in [0, 0.1) is 0 Å². The van der Waals surface area contributed by atoms with E-state index in [9.17, 15) is 4.79 Å². The molecule has 2 radical (unpaired) electrons. The minimum atomic E-state index is 0.0345. The highest BCUT2D eigenvalue weighted by atomic mass is 32.1. The molecule has 66 valence electrons. The van der Waals surface area contributed by atoms with Gasteiger partial charge in [-0.3, -0.25) is 4.79 Å². The van der Waals surface area contributed by atoms with Gasteiger partial charge < -0.3 is 0 Å². The number of carbonyl (C=O) groups excluding carboxylic acids is 1. The number of hydrogen-bond donors (Lipinski definition) is 0. The number of hydrogen-bond acceptors (Lipinski definition) is 2. The van der Waals surface area contributed by atoms with E-state index in [-0.39, 0.29) is 5.78 Å². The summed E-state index contributed by atoms with van der Waals surface area (Å²) in [5.41, 5.74) is 1.35. The van der Waals surface area contributed by atoms with Crippen LogP contribution in [0.2, 0.25) is 0 Å². The van der Waals surface area contributed by atoms with Gasteiger partial charge in [0, 0.05) is 5.56 Å². The van der Waals surface area contributed by atoms with Gasteiger partial charge >= 0.3 is 0 Å². The van der Waals surface area contributed by atoms with Crippen LogP contribution in [0.5, 0.6) is 0 Å². The molecule has 0 bridgehead atoms. The number of thiophene rings is 1. The van der Waals surface area contributed by atoms with Gasteiger partial charge in [-0.2, -0.15) is 0 Å². The second kappa shape index (κ2) is 3.80. The lowest BCUT2D eigenvalue weighted by Crippen LogP contribution is -2.00. The Kier molecular flexibility index (Phi) is 2.50. The van der Waals surface area contributed by atoms with Gasteiger partial charge in [0.1, 0.15) is 7.85 Å². The van der Waals surface area contributed by atoms with Crippen molar-refractivity contribution in [2.24, 2.45) is 0 Å². The highest BCUT2D eigenvalue weighted by Crippen LogP contribution is 2.13. The summed E-state index contributed by atoms with van der Waals surface area (Å²) in [6, 6.07) is 10.9. The van der Waals surface area contributed by atoms with E-state index in [2.05, 4.69) is 0 Å². The summed E-state index contributed by atoms with van der Waals surface area (Å²) < 4.78 is 0. The number of ketones is 1. The van der Waals surface area contributed by atoms with E-state index in [0.717, 1.165) is 0 Å². The summed E-state index contributed by atoms with van der Waals surface area (Å²) in [5, 5.41) is 1.77. The molecule has 1 aromatic carbocycles. The fraction of sp³-hybridized carbons (Fsp3) is 0. The summed E-state index contributed by atoms with van der Waals surface area (Å²) >= 11 is 1.38. The lowest BCUT2D eigenvalue weighted by molar-refractivity contribution is 0.104. The molecule has 0 fully saturated rings. The average Bonchev–Trinajstić information content (AvgIpc) is 2.65. The first-order valence-electron chi connectivity index (χ1n) is 4.21. The third-order valence-corrected chi connectivity index (χ3v) is 2.83. The lowest BCUT2D eigenvalue weighted by Gasteiger charge is -1.95. The van der Waals surface area contributed by atoms with Crippen molar-refractivity contribution < 1.29 is 4.79 Å². The zero-order valence-electron chi connectivity index (χ0n) is 7.44. The molecule has 0 aliphatic rings. The predicted molar refractivity (Wildman–Crippen MR) is 59.6 cm³/mol. The quantitative estimate of drug-likeness (QED) is 0.530. The van der Waals surface area contributed by atoms with Crippen molar-refractivity contribution in [2.75, 3.05) is 0 Å². The average molecular weight is 198 g/mol. The van der Waals surface area contributed by atoms with Crippen molar-refractivity contribution in [3.8, 4) is 0 Å². The molecule has 2 rings (SSSR count). The van der Waals surface area contributed by atoms with Crippen LogP contribution in [0.4, 0.5) is 0 Å². The van der Waals surface area contributed by atoms with E-state index in [4.69, 9.17) is 7.85 Å². The first-order chi connectivity index (χ1) is 6.77. The number of rotatable bonds is 2. The van der Waals surface area contributed by atoms with Crippen LogP contribution in [0.15, 0.2) is 41.8 Å². The Hall–Kier alpha value is -1.35.